The molecule has 0 N–H and O–H groups in total. The standard InChI is InChI=1S/C15H7ClN2O2/c16-12-4-2-1-3-10(12)14-15(19)11-6-5-9(8-17)7-13(11)18(14)20/h1-7H. The number of carbonyl (C=O) groups is 1. The van der Waals surface area contributed by atoms with Crippen molar-refractivity contribution in [2.45, 2.75) is 0 Å². The van der Waals surface area contributed by atoms with E-state index in [4.69, 9.17) is 16.9 Å². The van der Waals surface area contributed by atoms with Gasteiger partial charge in [0.25, 0.3) is 11.5 Å². The van der Waals surface area contributed by atoms with Crippen LogP contribution in [-0.2, 0) is 0 Å². The smallest absolute Gasteiger partial charge is 0.274 e. The molecule has 96 valence electrons. The number of nitrogens with zero attached hydrogens (tertiary/aromatic N) is 2. The predicted molar refractivity (Wildman–Crippen MR) is 74.3 cm³/mol. The molecule has 1 heterocycles. The molecule has 0 atom stereocenters. The molecule has 0 amide bonds. The summed E-state index contributed by atoms with van der Waals surface area (Å²) in [6, 6.07) is 13.0. The zero-order chi connectivity index (χ0) is 14.3. The number of hydrogen-bond donors (Lipinski definition) is 0. The topological polar surface area (TPSA) is 66.9 Å². The monoisotopic (exact) mass is 282 g/mol. The lowest BCUT2D eigenvalue weighted by atomic mass is 10.0. The largest absolute Gasteiger partial charge is 0.618 e. The van der Waals surface area contributed by atoms with Crippen LogP contribution in [0.3, 0.4) is 0 Å². The number of nitriles is 1. The van der Waals surface area contributed by atoms with Crippen LogP contribution in [0.2, 0.25) is 5.02 Å². The summed E-state index contributed by atoms with van der Waals surface area (Å²) in [7, 11) is 0. The van der Waals surface area contributed by atoms with Gasteiger partial charge in [0.15, 0.2) is 0 Å². The van der Waals surface area contributed by atoms with Crippen LogP contribution in [0.1, 0.15) is 21.5 Å². The Bertz CT molecular complexity index is 819. The Kier molecular flexibility index (Phi) is 2.78. The molecule has 3 rings (SSSR count). The zero-order valence-electron chi connectivity index (χ0n) is 10.1. The second-order valence-corrected chi connectivity index (χ2v) is 4.70. The van der Waals surface area contributed by atoms with Gasteiger partial charge in [-0.3, -0.25) is 4.79 Å². The summed E-state index contributed by atoms with van der Waals surface area (Å²) in [6.07, 6.45) is 0. The molecule has 4 nitrogen and oxygen atoms in total. The fourth-order valence-corrected chi connectivity index (χ4v) is 2.41. The average Bonchev–Trinajstić information content (AvgIpc) is 2.71. The van der Waals surface area contributed by atoms with Crippen molar-refractivity contribution >= 4 is 28.8 Å². The van der Waals surface area contributed by atoms with Crippen molar-refractivity contribution in [3.8, 4) is 6.07 Å². The highest BCUT2D eigenvalue weighted by Gasteiger charge is 2.37. The van der Waals surface area contributed by atoms with Gasteiger partial charge in [-0.2, -0.15) is 10.0 Å². The molecule has 0 saturated carbocycles. The molecule has 0 aliphatic carbocycles. The first kappa shape index (κ1) is 12.4. The molecular weight excluding hydrogens is 276 g/mol. The molecule has 0 spiro atoms. The highest BCUT2D eigenvalue weighted by atomic mass is 35.5. The first-order valence-electron chi connectivity index (χ1n) is 5.81. The fourth-order valence-electron chi connectivity index (χ4n) is 2.19. The lowest BCUT2D eigenvalue weighted by Gasteiger charge is -2.03. The van der Waals surface area contributed by atoms with Gasteiger partial charge in [-0.05, 0) is 24.3 Å². The number of carbonyl (C=O) groups excluding carboxylic acids is 1. The third kappa shape index (κ3) is 1.68. The molecule has 0 unspecified atom stereocenters. The second kappa shape index (κ2) is 4.48. The molecule has 1 aliphatic rings. The molecule has 20 heavy (non-hydrogen) atoms. The summed E-state index contributed by atoms with van der Waals surface area (Å²) < 4.78 is 0.541. The molecule has 2 aromatic carbocycles. The Morgan fingerprint density at radius 1 is 1.15 bits per heavy atom. The van der Waals surface area contributed by atoms with Crippen LogP contribution in [0.25, 0.3) is 0 Å². The van der Waals surface area contributed by atoms with Crippen LogP contribution in [0, 0.1) is 16.5 Å². The first-order chi connectivity index (χ1) is 9.63. The minimum Gasteiger partial charge on any atom is -0.618 e. The molecule has 0 saturated heterocycles. The maximum atomic E-state index is 12.3. The molecule has 0 radical (unpaired) electrons. The van der Waals surface area contributed by atoms with Gasteiger partial charge in [-0.25, -0.2) is 0 Å². The highest BCUT2D eigenvalue weighted by molar-refractivity contribution is 6.54. The highest BCUT2D eigenvalue weighted by Crippen LogP contribution is 2.30. The van der Waals surface area contributed by atoms with Crippen molar-refractivity contribution in [3.05, 3.63) is 69.4 Å². The van der Waals surface area contributed by atoms with Crippen molar-refractivity contribution in [3.63, 3.8) is 0 Å². The normalized spacial score (nSPS) is 13.3. The van der Waals surface area contributed by atoms with Gasteiger partial charge in [-0.1, -0.05) is 23.7 Å². The van der Waals surface area contributed by atoms with Crippen LogP contribution in [0.15, 0.2) is 42.5 Å². The second-order valence-electron chi connectivity index (χ2n) is 4.30. The van der Waals surface area contributed by atoms with Gasteiger partial charge in [-0.15, -0.1) is 0 Å². The molecule has 0 fully saturated rings. The van der Waals surface area contributed by atoms with E-state index in [1.807, 2.05) is 6.07 Å². The third-order valence-electron chi connectivity index (χ3n) is 3.14. The van der Waals surface area contributed by atoms with Crippen molar-refractivity contribution in [2.75, 3.05) is 0 Å². The number of hydrogen-bond acceptors (Lipinski definition) is 3. The maximum Gasteiger partial charge on any atom is 0.274 e. The summed E-state index contributed by atoms with van der Waals surface area (Å²) in [5, 5.41) is 21.5. The Balaban J connectivity index is 2.25. The molecule has 1 aliphatic heterocycles. The van der Waals surface area contributed by atoms with E-state index in [1.54, 1.807) is 24.3 Å². The third-order valence-corrected chi connectivity index (χ3v) is 3.47. The number of ketones is 1. The van der Waals surface area contributed by atoms with E-state index in [1.165, 1.54) is 18.2 Å². The van der Waals surface area contributed by atoms with Gasteiger partial charge in [0.05, 0.1) is 22.2 Å². The number of Topliss-reactive ketones (excluding diaryl/α,β-unsaturated/α-hetero) is 1. The van der Waals surface area contributed by atoms with Crippen LogP contribution < -0.4 is 0 Å². The average molecular weight is 283 g/mol. The zero-order valence-corrected chi connectivity index (χ0v) is 10.9. The molecule has 5 heteroatoms. The number of benzene rings is 2. The first-order valence-corrected chi connectivity index (χ1v) is 6.19. The van der Waals surface area contributed by atoms with E-state index in [0.717, 1.165) is 0 Å². The summed E-state index contributed by atoms with van der Waals surface area (Å²) in [6.45, 7) is 0. The molecule has 0 bridgehead atoms. The van der Waals surface area contributed by atoms with Crippen LogP contribution in [0.5, 0.6) is 0 Å². The summed E-state index contributed by atoms with van der Waals surface area (Å²) in [4.78, 5) is 12.3. The van der Waals surface area contributed by atoms with E-state index < -0.39 is 0 Å². The Morgan fingerprint density at radius 2 is 1.90 bits per heavy atom. The lowest BCUT2D eigenvalue weighted by molar-refractivity contribution is -0.355. The maximum absolute atomic E-state index is 12.3. The van der Waals surface area contributed by atoms with Crippen molar-refractivity contribution in [1.82, 2.24) is 0 Å². The van der Waals surface area contributed by atoms with Gasteiger partial charge in [0.2, 0.25) is 5.69 Å². The van der Waals surface area contributed by atoms with E-state index in [9.17, 15) is 10.0 Å². The van der Waals surface area contributed by atoms with Gasteiger partial charge in [0, 0.05) is 6.07 Å². The minimum atomic E-state index is -0.382. The molecular formula is C15H7ClN2O2. The van der Waals surface area contributed by atoms with Crippen LogP contribution in [0.4, 0.5) is 5.69 Å². The summed E-state index contributed by atoms with van der Waals surface area (Å²) in [5.41, 5.74) is 1.18. The Hall–Kier alpha value is -2.64. The van der Waals surface area contributed by atoms with Crippen molar-refractivity contribution in [1.29, 1.82) is 5.26 Å². The van der Waals surface area contributed by atoms with E-state index >= 15 is 0 Å². The van der Waals surface area contributed by atoms with E-state index in [2.05, 4.69) is 0 Å². The van der Waals surface area contributed by atoms with Gasteiger partial charge < -0.3 is 5.21 Å². The predicted octanol–water partition coefficient (Wildman–Crippen LogP) is 3.04. The van der Waals surface area contributed by atoms with Crippen LogP contribution in [-0.4, -0.2) is 16.2 Å². The fraction of sp³-hybridized carbons (Fsp3) is 0. The van der Waals surface area contributed by atoms with Crippen molar-refractivity contribution < 1.29 is 9.53 Å². The van der Waals surface area contributed by atoms with E-state index in [-0.39, 0.29) is 22.7 Å². The van der Waals surface area contributed by atoms with E-state index in [0.29, 0.717) is 20.9 Å². The molecule has 0 aromatic heterocycles. The van der Waals surface area contributed by atoms with Gasteiger partial charge in [0.1, 0.15) is 5.56 Å². The number of halogens is 1. The minimum absolute atomic E-state index is 0.0133. The molecule has 2 aromatic rings. The summed E-state index contributed by atoms with van der Waals surface area (Å²) in [5.74, 6) is -0.382. The Labute approximate surface area is 119 Å². The number of fused-ring (bicyclic) bond motifs is 1. The summed E-state index contributed by atoms with van der Waals surface area (Å²) >= 11 is 6.05. The lowest BCUT2D eigenvalue weighted by Crippen LogP contribution is -2.16. The number of rotatable bonds is 1. The van der Waals surface area contributed by atoms with Crippen molar-refractivity contribution in [2.24, 2.45) is 0 Å². The van der Waals surface area contributed by atoms with Gasteiger partial charge >= 0.3 is 0 Å². The quantitative estimate of drug-likeness (QED) is 0.596. The van der Waals surface area contributed by atoms with Crippen LogP contribution >= 0.6 is 11.6 Å². The SMILES string of the molecule is N#Cc1ccc2c(c1)[N+]([O-])=C(c1ccccc1Cl)C2=O. The Morgan fingerprint density at radius 3 is 2.60 bits per heavy atom.